The van der Waals surface area contributed by atoms with E-state index in [9.17, 15) is 16.8 Å². The Labute approximate surface area is 91.5 Å². The molecule has 0 aliphatic carbocycles. The van der Waals surface area contributed by atoms with Crippen LogP contribution in [0.1, 0.15) is 0 Å². The molecule has 0 amide bonds. The fraction of sp³-hybridized carbons (Fsp3) is 0. The van der Waals surface area contributed by atoms with E-state index < -0.39 is 29.9 Å². The van der Waals surface area contributed by atoms with Crippen LogP contribution < -0.4 is 5.14 Å². The van der Waals surface area contributed by atoms with Gasteiger partial charge in [-0.15, -0.1) is 0 Å². The first-order valence-corrected chi connectivity index (χ1v) is 6.78. The van der Waals surface area contributed by atoms with Gasteiger partial charge in [0.1, 0.15) is 9.79 Å². The number of rotatable bonds is 2. The number of hydrogen-bond donors (Lipinski definition) is 2. The van der Waals surface area contributed by atoms with Crippen LogP contribution in [0.5, 0.6) is 0 Å². The Balaban J connectivity index is 3.71. The molecule has 6 nitrogen and oxygen atoms in total. The van der Waals surface area contributed by atoms with Crippen LogP contribution in [0.2, 0.25) is 5.02 Å². The molecule has 0 aliphatic rings. The number of sulfonamides is 1. The van der Waals surface area contributed by atoms with E-state index in [-0.39, 0.29) is 5.02 Å². The highest BCUT2D eigenvalue weighted by atomic mass is 35.5. The predicted molar refractivity (Wildman–Crippen MR) is 52.6 cm³/mol. The fourth-order valence-corrected chi connectivity index (χ4v) is 3.01. The molecule has 0 aromatic heterocycles. The van der Waals surface area contributed by atoms with Crippen LogP contribution in [0, 0.1) is 0 Å². The number of primary sulfonamides is 1. The molecule has 3 N–H and O–H groups in total. The van der Waals surface area contributed by atoms with Crippen LogP contribution >= 0.6 is 11.6 Å². The van der Waals surface area contributed by atoms with Gasteiger partial charge in [-0.25, -0.2) is 13.6 Å². The SMILES string of the molecule is NS(=O)(=O)c1cc(Cl)ccc1S(=O)(=O)O. The summed E-state index contributed by atoms with van der Waals surface area (Å²) in [6.07, 6.45) is 0. The van der Waals surface area contributed by atoms with E-state index in [1.165, 1.54) is 0 Å². The fourth-order valence-electron chi connectivity index (χ4n) is 0.917. The molecule has 1 aromatic rings. The first-order chi connectivity index (χ1) is 6.62. The van der Waals surface area contributed by atoms with Crippen molar-refractivity contribution in [2.24, 2.45) is 5.14 Å². The largest absolute Gasteiger partial charge is 0.295 e. The molecule has 84 valence electrons. The summed E-state index contributed by atoms with van der Waals surface area (Å²) >= 11 is 5.48. The Morgan fingerprint density at radius 2 is 1.67 bits per heavy atom. The van der Waals surface area contributed by atoms with Gasteiger partial charge in [-0.05, 0) is 18.2 Å². The van der Waals surface area contributed by atoms with E-state index in [4.69, 9.17) is 21.3 Å². The monoisotopic (exact) mass is 271 g/mol. The topological polar surface area (TPSA) is 115 Å². The Bertz CT molecular complexity index is 592. The first kappa shape index (κ1) is 12.4. The van der Waals surface area contributed by atoms with E-state index in [0.29, 0.717) is 0 Å². The quantitative estimate of drug-likeness (QED) is 0.748. The van der Waals surface area contributed by atoms with Crippen LogP contribution in [-0.4, -0.2) is 21.4 Å². The highest BCUT2D eigenvalue weighted by Crippen LogP contribution is 2.23. The van der Waals surface area contributed by atoms with Gasteiger partial charge in [-0.1, -0.05) is 11.6 Å². The van der Waals surface area contributed by atoms with Crippen molar-refractivity contribution in [2.45, 2.75) is 9.79 Å². The van der Waals surface area contributed by atoms with E-state index in [1.807, 2.05) is 0 Å². The van der Waals surface area contributed by atoms with Crippen molar-refractivity contribution < 1.29 is 21.4 Å². The zero-order chi connectivity index (χ0) is 11.9. The molecular formula is C6H6ClNO5S2. The molecule has 0 unspecified atom stereocenters. The minimum absolute atomic E-state index is 0.00794. The van der Waals surface area contributed by atoms with Crippen LogP contribution in [0.4, 0.5) is 0 Å². The van der Waals surface area contributed by atoms with Gasteiger partial charge in [0.15, 0.2) is 0 Å². The van der Waals surface area contributed by atoms with Crippen molar-refractivity contribution in [1.29, 1.82) is 0 Å². The molecule has 0 saturated heterocycles. The second-order valence-electron chi connectivity index (χ2n) is 2.61. The van der Waals surface area contributed by atoms with Gasteiger partial charge < -0.3 is 0 Å². The Morgan fingerprint density at radius 1 is 1.13 bits per heavy atom. The summed E-state index contributed by atoms with van der Waals surface area (Å²) in [7, 11) is -8.91. The molecule has 0 saturated carbocycles. The third-order valence-corrected chi connectivity index (χ3v) is 3.72. The third-order valence-electron chi connectivity index (χ3n) is 1.49. The summed E-state index contributed by atoms with van der Waals surface area (Å²) in [5, 5.41) is 4.75. The zero-order valence-corrected chi connectivity index (χ0v) is 9.47. The lowest BCUT2D eigenvalue weighted by Gasteiger charge is -2.04. The number of benzene rings is 1. The van der Waals surface area contributed by atoms with Crippen LogP contribution in [0.25, 0.3) is 0 Å². The maximum Gasteiger partial charge on any atom is 0.295 e. The first-order valence-electron chi connectivity index (χ1n) is 3.42. The lowest BCUT2D eigenvalue weighted by Crippen LogP contribution is -2.16. The summed E-state index contributed by atoms with van der Waals surface area (Å²) in [6, 6.07) is 2.83. The molecule has 0 bridgehead atoms. The van der Waals surface area contributed by atoms with Crippen molar-refractivity contribution in [3.63, 3.8) is 0 Å². The zero-order valence-electron chi connectivity index (χ0n) is 7.08. The lowest BCUT2D eigenvalue weighted by molar-refractivity contribution is 0.480. The minimum Gasteiger partial charge on any atom is -0.282 e. The van der Waals surface area contributed by atoms with Crippen LogP contribution in [0.3, 0.4) is 0 Å². The average molecular weight is 272 g/mol. The van der Waals surface area contributed by atoms with Gasteiger partial charge in [0.05, 0.1) is 0 Å². The van der Waals surface area contributed by atoms with E-state index in [0.717, 1.165) is 18.2 Å². The lowest BCUT2D eigenvalue weighted by atomic mass is 10.4. The normalized spacial score (nSPS) is 12.7. The number of nitrogens with two attached hydrogens (primary N) is 1. The van der Waals surface area contributed by atoms with Gasteiger partial charge in [0.2, 0.25) is 10.0 Å². The molecule has 1 rings (SSSR count). The van der Waals surface area contributed by atoms with Gasteiger partial charge >= 0.3 is 0 Å². The van der Waals surface area contributed by atoms with Gasteiger partial charge in [-0.2, -0.15) is 8.42 Å². The minimum atomic E-state index is -4.65. The average Bonchev–Trinajstić information content (AvgIpc) is 2.00. The molecular weight excluding hydrogens is 266 g/mol. The summed E-state index contributed by atoms with van der Waals surface area (Å²) in [5.41, 5.74) is 0. The van der Waals surface area contributed by atoms with Crippen molar-refractivity contribution in [2.75, 3.05) is 0 Å². The number of hydrogen-bond acceptors (Lipinski definition) is 4. The smallest absolute Gasteiger partial charge is 0.282 e. The molecule has 0 fully saturated rings. The summed E-state index contributed by atoms with van der Waals surface area (Å²) < 4.78 is 52.3. The summed E-state index contributed by atoms with van der Waals surface area (Å²) in [6.45, 7) is 0. The van der Waals surface area contributed by atoms with Gasteiger partial charge in [0, 0.05) is 5.02 Å². The van der Waals surface area contributed by atoms with Gasteiger partial charge in [-0.3, -0.25) is 4.55 Å². The highest BCUT2D eigenvalue weighted by molar-refractivity contribution is 7.91. The summed E-state index contributed by atoms with van der Waals surface area (Å²) in [4.78, 5) is -1.54. The van der Waals surface area contributed by atoms with Gasteiger partial charge in [0.25, 0.3) is 10.1 Å². The molecule has 15 heavy (non-hydrogen) atoms. The van der Waals surface area contributed by atoms with Crippen LogP contribution in [-0.2, 0) is 20.1 Å². The Morgan fingerprint density at radius 3 is 2.07 bits per heavy atom. The molecule has 0 heterocycles. The molecule has 0 aliphatic heterocycles. The number of halogens is 1. The molecule has 0 spiro atoms. The standard InChI is InChI=1S/C6H6ClNO5S2/c7-4-1-2-5(15(11,12)13)6(3-4)14(8,9)10/h1-3H,(H2,8,9,10)(H,11,12,13). The molecule has 0 radical (unpaired) electrons. The summed E-state index contributed by atoms with van der Waals surface area (Å²) in [5.74, 6) is 0. The predicted octanol–water partition coefficient (Wildman–Crippen LogP) is 0.234. The van der Waals surface area contributed by atoms with Crippen molar-refractivity contribution >= 4 is 31.7 Å². The molecule has 9 heteroatoms. The third kappa shape index (κ3) is 2.89. The van der Waals surface area contributed by atoms with E-state index >= 15 is 0 Å². The molecule has 1 aromatic carbocycles. The highest BCUT2D eigenvalue weighted by Gasteiger charge is 2.22. The maximum absolute atomic E-state index is 11.0. The van der Waals surface area contributed by atoms with E-state index in [1.54, 1.807) is 0 Å². The van der Waals surface area contributed by atoms with Crippen LogP contribution in [0.15, 0.2) is 28.0 Å². The van der Waals surface area contributed by atoms with E-state index in [2.05, 4.69) is 0 Å². The molecule has 0 atom stereocenters. The Kier molecular flexibility index (Phi) is 3.08. The second kappa shape index (κ2) is 3.72. The van der Waals surface area contributed by atoms with Crippen molar-refractivity contribution in [1.82, 2.24) is 0 Å². The Hall–Kier alpha value is -0.670. The maximum atomic E-state index is 11.0. The van der Waals surface area contributed by atoms with Crippen molar-refractivity contribution in [3.8, 4) is 0 Å². The second-order valence-corrected chi connectivity index (χ2v) is 5.97. The van der Waals surface area contributed by atoms with Crippen molar-refractivity contribution in [3.05, 3.63) is 23.2 Å².